The molecule has 0 saturated carbocycles. The van der Waals surface area contributed by atoms with Gasteiger partial charge in [0, 0.05) is 13.1 Å². The molecule has 0 heterocycles. The molecule has 0 aromatic heterocycles. The Balaban J connectivity index is 2.66. The number of halogens is 3. The van der Waals surface area contributed by atoms with Gasteiger partial charge >= 0.3 is 0 Å². The Bertz CT molecular complexity index is 413. The lowest BCUT2D eigenvalue weighted by Gasteiger charge is -2.07. The predicted octanol–water partition coefficient (Wildman–Crippen LogP) is 1.96. The first kappa shape index (κ1) is 13.9. The predicted molar refractivity (Wildman–Crippen MR) is 62.2 cm³/mol. The number of hydrogen-bond acceptors (Lipinski definition) is 2. The first-order valence-corrected chi connectivity index (χ1v) is 5.57. The minimum Gasteiger partial charge on any atom is -0.351 e. The largest absolute Gasteiger partial charge is 0.351 e. The van der Waals surface area contributed by atoms with E-state index >= 15 is 0 Å². The van der Waals surface area contributed by atoms with Crippen molar-refractivity contribution < 1.29 is 13.6 Å². The van der Waals surface area contributed by atoms with E-state index in [-0.39, 0.29) is 10.6 Å². The topological polar surface area (TPSA) is 41.1 Å². The number of carbonyl (C=O) groups excluding carboxylic acids is 1. The van der Waals surface area contributed by atoms with Gasteiger partial charge in [0.1, 0.15) is 11.6 Å². The van der Waals surface area contributed by atoms with Crippen LogP contribution in [0.25, 0.3) is 0 Å². The fourth-order valence-corrected chi connectivity index (χ4v) is 1.38. The molecule has 0 aliphatic heterocycles. The number of hydrogen-bond donors (Lipinski definition) is 2. The second kappa shape index (κ2) is 6.51. The highest BCUT2D eigenvalue weighted by atomic mass is 35.5. The highest BCUT2D eigenvalue weighted by molar-refractivity contribution is 6.30. The summed E-state index contributed by atoms with van der Waals surface area (Å²) in [5.41, 5.74) is -0.344. The molecule has 0 unspecified atom stereocenters. The van der Waals surface area contributed by atoms with Crippen molar-refractivity contribution in [2.75, 3.05) is 19.6 Å². The summed E-state index contributed by atoms with van der Waals surface area (Å²) in [7, 11) is 0. The third kappa shape index (κ3) is 3.94. The van der Waals surface area contributed by atoms with Crippen LogP contribution < -0.4 is 10.6 Å². The van der Waals surface area contributed by atoms with Crippen LogP contribution in [0.2, 0.25) is 5.02 Å². The molecule has 0 spiro atoms. The van der Waals surface area contributed by atoms with Crippen molar-refractivity contribution in [2.45, 2.75) is 6.92 Å². The Kier molecular flexibility index (Phi) is 5.31. The average molecular weight is 263 g/mol. The molecule has 0 radical (unpaired) electrons. The van der Waals surface area contributed by atoms with E-state index in [2.05, 4.69) is 10.6 Å². The standard InChI is InChI=1S/C11H13ClF2N2O/c1-2-15-3-4-16-11(17)7-5-10(14)8(12)6-9(7)13/h5-6,15H,2-4H2,1H3,(H,16,17). The summed E-state index contributed by atoms with van der Waals surface area (Å²) in [5, 5.41) is 5.12. The van der Waals surface area contributed by atoms with Crippen LogP contribution in [0.4, 0.5) is 8.78 Å². The SMILES string of the molecule is CCNCCNC(=O)c1cc(F)c(Cl)cc1F. The Morgan fingerprint density at radius 1 is 1.29 bits per heavy atom. The van der Waals surface area contributed by atoms with Gasteiger partial charge in [-0.05, 0) is 18.7 Å². The lowest BCUT2D eigenvalue weighted by Crippen LogP contribution is -2.32. The summed E-state index contributed by atoms with van der Waals surface area (Å²) in [5.74, 6) is -2.31. The van der Waals surface area contributed by atoms with E-state index in [0.29, 0.717) is 13.1 Å². The van der Waals surface area contributed by atoms with E-state index in [9.17, 15) is 13.6 Å². The van der Waals surface area contributed by atoms with Gasteiger partial charge < -0.3 is 10.6 Å². The van der Waals surface area contributed by atoms with Gasteiger partial charge in [-0.25, -0.2) is 8.78 Å². The molecule has 1 aromatic rings. The van der Waals surface area contributed by atoms with Gasteiger partial charge in [-0.3, -0.25) is 4.79 Å². The Morgan fingerprint density at radius 3 is 2.65 bits per heavy atom. The van der Waals surface area contributed by atoms with Crippen LogP contribution in [-0.2, 0) is 0 Å². The molecule has 0 bridgehead atoms. The molecule has 94 valence electrons. The monoisotopic (exact) mass is 262 g/mol. The van der Waals surface area contributed by atoms with Crippen LogP contribution >= 0.6 is 11.6 Å². The van der Waals surface area contributed by atoms with Crippen molar-refractivity contribution in [1.82, 2.24) is 10.6 Å². The lowest BCUT2D eigenvalue weighted by molar-refractivity contribution is 0.0949. The molecular weight excluding hydrogens is 250 g/mol. The molecule has 1 rings (SSSR count). The molecule has 1 amide bonds. The summed E-state index contributed by atoms with van der Waals surface area (Å²) in [4.78, 5) is 11.5. The zero-order valence-corrected chi connectivity index (χ0v) is 10.1. The van der Waals surface area contributed by atoms with Gasteiger partial charge in [0.15, 0.2) is 0 Å². The van der Waals surface area contributed by atoms with Crippen LogP contribution in [0.5, 0.6) is 0 Å². The molecule has 0 saturated heterocycles. The maximum atomic E-state index is 13.3. The number of likely N-dealkylation sites (N-methyl/N-ethyl adjacent to an activating group) is 1. The third-order valence-corrected chi connectivity index (χ3v) is 2.38. The van der Waals surface area contributed by atoms with Gasteiger partial charge in [0.05, 0.1) is 10.6 Å². The van der Waals surface area contributed by atoms with E-state index in [4.69, 9.17) is 11.6 Å². The van der Waals surface area contributed by atoms with Crippen molar-refractivity contribution in [3.8, 4) is 0 Å². The van der Waals surface area contributed by atoms with Crippen LogP contribution in [0.1, 0.15) is 17.3 Å². The molecule has 0 fully saturated rings. The highest BCUT2D eigenvalue weighted by Crippen LogP contribution is 2.19. The summed E-state index contributed by atoms with van der Waals surface area (Å²) in [6.45, 7) is 3.62. The Morgan fingerprint density at radius 2 is 2.00 bits per heavy atom. The first-order valence-electron chi connectivity index (χ1n) is 5.19. The van der Waals surface area contributed by atoms with Crippen molar-refractivity contribution in [1.29, 1.82) is 0 Å². The van der Waals surface area contributed by atoms with Gasteiger partial charge in [-0.1, -0.05) is 18.5 Å². The molecular formula is C11H13ClF2N2O. The van der Waals surface area contributed by atoms with Crippen molar-refractivity contribution in [3.63, 3.8) is 0 Å². The van der Waals surface area contributed by atoms with Crippen molar-refractivity contribution in [3.05, 3.63) is 34.4 Å². The Labute approximate surface area is 103 Å². The quantitative estimate of drug-likeness (QED) is 0.629. The van der Waals surface area contributed by atoms with E-state index in [0.717, 1.165) is 18.7 Å². The molecule has 17 heavy (non-hydrogen) atoms. The summed E-state index contributed by atoms with van der Waals surface area (Å²) >= 11 is 5.38. The van der Waals surface area contributed by atoms with Crippen molar-refractivity contribution >= 4 is 17.5 Å². The fourth-order valence-electron chi connectivity index (χ4n) is 1.23. The molecule has 0 aliphatic rings. The molecule has 2 N–H and O–H groups in total. The van der Waals surface area contributed by atoms with Gasteiger partial charge in [0.25, 0.3) is 5.91 Å². The van der Waals surface area contributed by atoms with Gasteiger partial charge in [-0.15, -0.1) is 0 Å². The fraction of sp³-hybridized carbons (Fsp3) is 0.364. The van der Waals surface area contributed by atoms with Gasteiger partial charge in [-0.2, -0.15) is 0 Å². The number of nitrogens with one attached hydrogen (secondary N) is 2. The molecule has 0 aliphatic carbocycles. The van der Waals surface area contributed by atoms with E-state index in [1.54, 1.807) is 0 Å². The third-order valence-electron chi connectivity index (χ3n) is 2.09. The van der Waals surface area contributed by atoms with E-state index < -0.39 is 17.5 Å². The minimum absolute atomic E-state index is 0.341. The van der Waals surface area contributed by atoms with E-state index in [1.807, 2.05) is 6.92 Å². The first-order chi connectivity index (χ1) is 8.06. The Hall–Kier alpha value is -1.20. The minimum atomic E-state index is -0.836. The van der Waals surface area contributed by atoms with Crippen LogP contribution in [0.15, 0.2) is 12.1 Å². The number of benzene rings is 1. The second-order valence-corrected chi connectivity index (χ2v) is 3.76. The smallest absolute Gasteiger partial charge is 0.254 e. The average Bonchev–Trinajstić information content (AvgIpc) is 2.29. The number of carbonyl (C=O) groups is 1. The van der Waals surface area contributed by atoms with E-state index in [1.165, 1.54) is 0 Å². The summed E-state index contributed by atoms with van der Waals surface area (Å²) in [6, 6.07) is 1.58. The number of amides is 1. The van der Waals surface area contributed by atoms with Crippen LogP contribution in [0, 0.1) is 11.6 Å². The maximum absolute atomic E-state index is 13.3. The lowest BCUT2D eigenvalue weighted by atomic mass is 10.2. The second-order valence-electron chi connectivity index (χ2n) is 3.36. The summed E-state index contributed by atoms with van der Waals surface area (Å²) in [6.07, 6.45) is 0. The normalized spacial score (nSPS) is 10.4. The van der Waals surface area contributed by atoms with Crippen LogP contribution in [0.3, 0.4) is 0 Å². The summed E-state index contributed by atoms with van der Waals surface area (Å²) < 4.78 is 26.4. The number of rotatable bonds is 5. The molecule has 1 aromatic carbocycles. The highest BCUT2D eigenvalue weighted by Gasteiger charge is 2.14. The van der Waals surface area contributed by atoms with Gasteiger partial charge in [0.2, 0.25) is 0 Å². The molecule has 6 heteroatoms. The maximum Gasteiger partial charge on any atom is 0.254 e. The molecule has 0 atom stereocenters. The zero-order valence-electron chi connectivity index (χ0n) is 9.32. The zero-order chi connectivity index (χ0) is 12.8. The van der Waals surface area contributed by atoms with Crippen molar-refractivity contribution in [2.24, 2.45) is 0 Å². The van der Waals surface area contributed by atoms with Crippen LogP contribution in [-0.4, -0.2) is 25.5 Å². The molecule has 3 nitrogen and oxygen atoms in total.